The molecule has 0 N–H and O–H groups in total. The van der Waals surface area contributed by atoms with Crippen molar-refractivity contribution in [3.63, 3.8) is 0 Å². The Kier molecular flexibility index (Phi) is 1.50. The Morgan fingerprint density at radius 2 is 2.23 bits per heavy atom. The molecule has 1 heterocycles. The second-order valence-corrected chi connectivity index (χ2v) is 4.88. The van der Waals surface area contributed by atoms with Crippen LogP contribution < -0.4 is 0 Å². The van der Waals surface area contributed by atoms with E-state index in [2.05, 4.69) is 6.92 Å². The van der Waals surface area contributed by atoms with Crippen molar-refractivity contribution in [3.8, 4) is 0 Å². The molecule has 2 nitrogen and oxygen atoms in total. The first-order chi connectivity index (χ1) is 6.31. The van der Waals surface area contributed by atoms with Gasteiger partial charge in [-0.15, -0.1) is 0 Å². The maximum atomic E-state index is 11.4. The van der Waals surface area contributed by atoms with Crippen LogP contribution in [0.3, 0.4) is 0 Å². The van der Waals surface area contributed by atoms with E-state index in [1.807, 2.05) is 0 Å². The van der Waals surface area contributed by atoms with Crippen LogP contribution in [0.4, 0.5) is 0 Å². The van der Waals surface area contributed by atoms with Gasteiger partial charge in [0.2, 0.25) is 0 Å². The highest BCUT2D eigenvalue weighted by Gasteiger charge is 2.58. The highest BCUT2D eigenvalue weighted by Crippen LogP contribution is 2.58. The van der Waals surface area contributed by atoms with E-state index in [9.17, 15) is 4.79 Å². The Morgan fingerprint density at radius 1 is 1.38 bits per heavy atom. The summed E-state index contributed by atoms with van der Waals surface area (Å²) in [7, 11) is 0. The molecule has 0 spiro atoms. The quantitative estimate of drug-likeness (QED) is 0.575. The van der Waals surface area contributed by atoms with Gasteiger partial charge in [-0.25, -0.2) is 0 Å². The minimum absolute atomic E-state index is 0.104. The lowest BCUT2D eigenvalue weighted by Crippen LogP contribution is -2.28. The molecule has 2 bridgehead atoms. The SMILES string of the molecule is CCC1CC2CC1C1COC(=O)C21. The molecule has 3 aliphatic rings. The van der Waals surface area contributed by atoms with E-state index in [0.717, 1.165) is 18.4 Å². The fourth-order valence-electron chi connectivity index (χ4n) is 3.97. The largest absolute Gasteiger partial charge is 0.465 e. The number of rotatable bonds is 1. The van der Waals surface area contributed by atoms with E-state index in [1.54, 1.807) is 0 Å². The second kappa shape index (κ2) is 2.49. The summed E-state index contributed by atoms with van der Waals surface area (Å²) in [5.74, 6) is 3.37. The number of hydrogen-bond donors (Lipinski definition) is 0. The fourth-order valence-corrected chi connectivity index (χ4v) is 3.97. The van der Waals surface area contributed by atoms with Crippen LogP contribution in [0, 0.1) is 29.6 Å². The minimum atomic E-state index is 0.104. The number of esters is 1. The Labute approximate surface area is 78.6 Å². The van der Waals surface area contributed by atoms with Gasteiger partial charge in [-0.1, -0.05) is 13.3 Å². The number of hydrogen-bond acceptors (Lipinski definition) is 2. The monoisotopic (exact) mass is 180 g/mol. The van der Waals surface area contributed by atoms with Crippen LogP contribution in [0.5, 0.6) is 0 Å². The van der Waals surface area contributed by atoms with E-state index < -0.39 is 0 Å². The van der Waals surface area contributed by atoms with Gasteiger partial charge in [0.1, 0.15) is 0 Å². The van der Waals surface area contributed by atoms with Gasteiger partial charge >= 0.3 is 5.97 Å². The lowest BCUT2D eigenvalue weighted by molar-refractivity contribution is -0.142. The Bertz CT molecular complexity index is 246. The first kappa shape index (κ1) is 7.84. The fraction of sp³-hybridized carbons (Fsp3) is 0.909. The van der Waals surface area contributed by atoms with Crippen LogP contribution in [0.25, 0.3) is 0 Å². The van der Waals surface area contributed by atoms with Gasteiger partial charge < -0.3 is 4.74 Å². The Balaban J connectivity index is 1.87. The molecule has 2 heteroatoms. The average Bonchev–Trinajstić information content (AvgIpc) is 2.76. The maximum Gasteiger partial charge on any atom is 0.309 e. The first-order valence-corrected chi connectivity index (χ1v) is 5.48. The predicted molar refractivity (Wildman–Crippen MR) is 47.9 cm³/mol. The van der Waals surface area contributed by atoms with Crippen molar-refractivity contribution in [2.45, 2.75) is 26.2 Å². The Morgan fingerprint density at radius 3 is 3.00 bits per heavy atom. The van der Waals surface area contributed by atoms with E-state index in [-0.39, 0.29) is 5.97 Å². The summed E-state index contributed by atoms with van der Waals surface area (Å²) in [5, 5.41) is 0. The van der Waals surface area contributed by atoms with Gasteiger partial charge in [-0.3, -0.25) is 4.79 Å². The van der Waals surface area contributed by atoms with Crippen LogP contribution in [0.2, 0.25) is 0 Å². The number of ether oxygens (including phenoxy) is 1. The van der Waals surface area contributed by atoms with Crippen molar-refractivity contribution >= 4 is 5.97 Å². The smallest absolute Gasteiger partial charge is 0.309 e. The Hall–Kier alpha value is -0.530. The van der Waals surface area contributed by atoms with Crippen molar-refractivity contribution in [2.75, 3.05) is 6.61 Å². The zero-order valence-electron chi connectivity index (χ0n) is 8.03. The maximum absolute atomic E-state index is 11.4. The van der Waals surface area contributed by atoms with Crippen molar-refractivity contribution in [3.05, 3.63) is 0 Å². The summed E-state index contributed by atoms with van der Waals surface area (Å²) >= 11 is 0. The molecular formula is C11H16O2. The van der Waals surface area contributed by atoms with Crippen molar-refractivity contribution < 1.29 is 9.53 Å². The molecule has 72 valence electrons. The van der Waals surface area contributed by atoms with Gasteiger partial charge in [-0.2, -0.15) is 0 Å². The van der Waals surface area contributed by atoms with Crippen molar-refractivity contribution in [1.29, 1.82) is 0 Å². The number of cyclic esters (lactones) is 1. The molecule has 2 aliphatic carbocycles. The molecule has 1 aliphatic heterocycles. The summed E-state index contributed by atoms with van der Waals surface area (Å²) in [4.78, 5) is 11.4. The number of carbonyl (C=O) groups excluding carboxylic acids is 1. The molecular weight excluding hydrogens is 164 g/mol. The summed E-state index contributed by atoms with van der Waals surface area (Å²) in [6.45, 7) is 3.00. The average molecular weight is 180 g/mol. The molecule has 3 rings (SSSR count). The molecule has 2 saturated carbocycles. The third kappa shape index (κ3) is 0.866. The van der Waals surface area contributed by atoms with Crippen LogP contribution in [-0.2, 0) is 9.53 Å². The highest BCUT2D eigenvalue weighted by atomic mass is 16.5. The predicted octanol–water partition coefficient (Wildman–Crippen LogP) is 1.84. The summed E-state index contributed by atoms with van der Waals surface area (Å²) in [5.41, 5.74) is 0. The van der Waals surface area contributed by atoms with Gasteiger partial charge in [-0.05, 0) is 30.6 Å². The summed E-state index contributed by atoms with van der Waals surface area (Å²) in [6, 6.07) is 0. The van der Waals surface area contributed by atoms with Crippen LogP contribution in [0.15, 0.2) is 0 Å². The van der Waals surface area contributed by atoms with Gasteiger partial charge in [0.05, 0.1) is 12.5 Å². The zero-order chi connectivity index (χ0) is 9.00. The molecule has 13 heavy (non-hydrogen) atoms. The summed E-state index contributed by atoms with van der Waals surface area (Å²) < 4.78 is 5.15. The van der Waals surface area contributed by atoms with E-state index in [1.165, 1.54) is 19.3 Å². The molecule has 1 saturated heterocycles. The normalized spacial score (nSPS) is 52.4. The van der Waals surface area contributed by atoms with E-state index >= 15 is 0 Å². The lowest BCUT2D eigenvalue weighted by Gasteiger charge is -2.27. The van der Waals surface area contributed by atoms with E-state index in [4.69, 9.17) is 4.74 Å². The molecule has 0 aromatic heterocycles. The molecule has 5 atom stereocenters. The molecule has 0 amide bonds. The first-order valence-electron chi connectivity index (χ1n) is 5.48. The van der Waals surface area contributed by atoms with Gasteiger partial charge in [0, 0.05) is 5.92 Å². The van der Waals surface area contributed by atoms with Crippen LogP contribution in [-0.4, -0.2) is 12.6 Å². The second-order valence-electron chi connectivity index (χ2n) is 4.88. The summed E-state index contributed by atoms with van der Waals surface area (Å²) in [6.07, 6.45) is 3.89. The molecule has 0 aromatic carbocycles. The molecule has 0 radical (unpaired) electrons. The number of carbonyl (C=O) groups is 1. The molecule has 3 fully saturated rings. The molecule has 0 aromatic rings. The third-order valence-corrected chi connectivity index (χ3v) is 4.52. The lowest BCUT2D eigenvalue weighted by atomic mass is 9.75. The highest BCUT2D eigenvalue weighted by molar-refractivity contribution is 5.76. The standard InChI is InChI=1S/C11H16O2/c1-2-6-3-7-4-8(6)9-5-13-11(12)10(7)9/h6-10H,2-5H2,1H3. The van der Waals surface area contributed by atoms with Crippen LogP contribution >= 0.6 is 0 Å². The van der Waals surface area contributed by atoms with E-state index in [0.29, 0.717) is 17.8 Å². The molecule has 5 unspecified atom stereocenters. The third-order valence-electron chi connectivity index (χ3n) is 4.52. The number of fused-ring (bicyclic) bond motifs is 5. The van der Waals surface area contributed by atoms with Crippen molar-refractivity contribution in [1.82, 2.24) is 0 Å². The van der Waals surface area contributed by atoms with Crippen molar-refractivity contribution in [2.24, 2.45) is 29.6 Å². The van der Waals surface area contributed by atoms with Gasteiger partial charge in [0.15, 0.2) is 0 Å². The zero-order valence-corrected chi connectivity index (χ0v) is 8.03. The minimum Gasteiger partial charge on any atom is -0.465 e. The van der Waals surface area contributed by atoms with Crippen LogP contribution in [0.1, 0.15) is 26.2 Å². The van der Waals surface area contributed by atoms with Gasteiger partial charge in [0.25, 0.3) is 0 Å². The topological polar surface area (TPSA) is 26.3 Å².